The summed E-state index contributed by atoms with van der Waals surface area (Å²) in [4.78, 5) is 18.6. The van der Waals surface area contributed by atoms with Gasteiger partial charge < -0.3 is 14.1 Å². The minimum Gasteiger partial charge on any atom is -0.441 e. The van der Waals surface area contributed by atoms with Crippen LogP contribution in [0.15, 0.2) is 28.7 Å². The maximum Gasteiger partial charge on any atom is 0.232 e. The zero-order valence-corrected chi connectivity index (χ0v) is 15.6. The fourth-order valence-electron chi connectivity index (χ4n) is 2.71. The number of amides is 1. The van der Waals surface area contributed by atoms with Crippen LogP contribution >= 0.6 is 11.8 Å². The molecule has 1 aliphatic rings. The first-order chi connectivity index (χ1) is 12.2. The van der Waals surface area contributed by atoms with Crippen LogP contribution < -0.4 is 0 Å². The van der Waals surface area contributed by atoms with Gasteiger partial charge in [0.2, 0.25) is 11.8 Å². The number of carbonyl (C=O) groups is 1. The first kappa shape index (κ1) is 18.0. The molecule has 0 radical (unpaired) electrons. The third kappa shape index (κ3) is 4.64. The number of hydrogen-bond acceptors (Lipinski definition) is 5. The second kappa shape index (κ2) is 8.54. The van der Waals surface area contributed by atoms with E-state index in [1.54, 1.807) is 11.8 Å². The average Bonchev–Trinajstić information content (AvgIpc) is 3.03. The number of hydrogen-bond donors (Lipinski definition) is 0. The van der Waals surface area contributed by atoms with Gasteiger partial charge in [-0.1, -0.05) is 19.1 Å². The van der Waals surface area contributed by atoms with Gasteiger partial charge in [0.15, 0.2) is 0 Å². The monoisotopic (exact) mass is 360 g/mol. The van der Waals surface area contributed by atoms with Crippen molar-refractivity contribution >= 4 is 17.7 Å². The number of carbonyl (C=O) groups excluding carboxylic acids is 1. The number of benzene rings is 1. The van der Waals surface area contributed by atoms with Gasteiger partial charge in [0.1, 0.15) is 5.76 Å². The summed E-state index contributed by atoms with van der Waals surface area (Å²) in [5, 5.41) is 0. The second-order valence-corrected chi connectivity index (χ2v) is 7.04. The lowest BCUT2D eigenvalue weighted by Gasteiger charge is -2.26. The van der Waals surface area contributed by atoms with Gasteiger partial charge in [-0.2, -0.15) is 0 Å². The number of oxazole rings is 1. The van der Waals surface area contributed by atoms with E-state index >= 15 is 0 Å². The van der Waals surface area contributed by atoms with Crippen molar-refractivity contribution in [2.45, 2.75) is 26.0 Å². The molecule has 1 aromatic carbocycles. The van der Waals surface area contributed by atoms with Crippen molar-refractivity contribution in [1.82, 2.24) is 9.88 Å². The summed E-state index contributed by atoms with van der Waals surface area (Å²) in [6.07, 6.45) is 1.02. The summed E-state index contributed by atoms with van der Waals surface area (Å²) in [5.41, 5.74) is 3.19. The number of thioether (sulfide) groups is 1. The molecular formula is C19H24N2O3S. The molecule has 5 nitrogen and oxygen atoms in total. The van der Waals surface area contributed by atoms with E-state index in [-0.39, 0.29) is 5.91 Å². The van der Waals surface area contributed by atoms with Gasteiger partial charge in [-0.3, -0.25) is 4.79 Å². The summed E-state index contributed by atoms with van der Waals surface area (Å²) < 4.78 is 11.1. The normalized spacial score (nSPS) is 14.7. The molecule has 6 heteroatoms. The molecular weight excluding hydrogens is 336 g/mol. The lowest BCUT2D eigenvalue weighted by atomic mass is 10.1. The number of nitrogens with zero attached hydrogens (tertiary/aromatic N) is 2. The molecule has 134 valence electrons. The topological polar surface area (TPSA) is 55.6 Å². The molecule has 25 heavy (non-hydrogen) atoms. The zero-order valence-electron chi connectivity index (χ0n) is 14.8. The molecule has 1 amide bonds. The molecule has 0 aliphatic carbocycles. The van der Waals surface area contributed by atoms with Crippen LogP contribution in [0, 0.1) is 6.92 Å². The van der Waals surface area contributed by atoms with E-state index in [1.807, 2.05) is 24.0 Å². The minimum absolute atomic E-state index is 0.171. The Labute approximate surface area is 152 Å². The Morgan fingerprint density at radius 3 is 2.64 bits per heavy atom. The lowest BCUT2D eigenvalue weighted by molar-refractivity contribution is -0.132. The van der Waals surface area contributed by atoms with Crippen LogP contribution in [0.1, 0.15) is 23.9 Å². The molecule has 1 fully saturated rings. The number of aryl methyl sites for hydroxylation is 2. The Morgan fingerprint density at radius 1 is 1.24 bits per heavy atom. The summed E-state index contributed by atoms with van der Waals surface area (Å²) >= 11 is 1.58. The highest BCUT2D eigenvalue weighted by atomic mass is 32.2. The van der Waals surface area contributed by atoms with E-state index < -0.39 is 0 Å². The van der Waals surface area contributed by atoms with Crippen LogP contribution in [0.5, 0.6) is 0 Å². The van der Waals surface area contributed by atoms with Gasteiger partial charge in [-0.25, -0.2) is 4.98 Å². The predicted molar refractivity (Wildman–Crippen MR) is 99.6 cm³/mol. The Bertz CT molecular complexity index is 706. The molecule has 0 N–H and O–H groups in total. The summed E-state index contributed by atoms with van der Waals surface area (Å²) in [7, 11) is 0. The largest absolute Gasteiger partial charge is 0.441 e. The van der Waals surface area contributed by atoms with E-state index in [0.29, 0.717) is 43.7 Å². The molecule has 0 spiro atoms. The Kier molecular flexibility index (Phi) is 6.15. The van der Waals surface area contributed by atoms with Crippen molar-refractivity contribution in [2.24, 2.45) is 0 Å². The number of rotatable bonds is 6. The fourth-order valence-corrected chi connectivity index (χ4v) is 3.63. The third-order valence-electron chi connectivity index (χ3n) is 4.33. The summed E-state index contributed by atoms with van der Waals surface area (Å²) in [5.74, 6) is 2.78. The molecule has 1 aromatic heterocycles. The smallest absolute Gasteiger partial charge is 0.232 e. The Balaban J connectivity index is 1.56. The van der Waals surface area contributed by atoms with Crippen molar-refractivity contribution in [2.75, 3.05) is 32.1 Å². The number of morpholine rings is 1. The van der Waals surface area contributed by atoms with E-state index in [0.717, 1.165) is 23.4 Å². The quantitative estimate of drug-likeness (QED) is 0.791. The van der Waals surface area contributed by atoms with Crippen LogP contribution in [-0.2, 0) is 21.7 Å². The van der Waals surface area contributed by atoms with Crippen LogP contribution in [0.3, 0.4) is 0 Å². The first-order valence-electron chi connectivity index (χ1n) is 8.66. The minimum atomic E-state index is 0.171. The number of ether oxygens (including phenoxy) is 1. The van der Waals surface area contributed by atoms with Crippen molar-refractivity contribution in [3.8, 4) is 11.5 Å². The van der Waals surface area contributed by atoms with Crippen molar-refractivity contribution < 1.29 is 13.9 Å². The van der Waals surface area contributed by atoms with Crippen LogP contribution in [0.25, 0.3) is 11.5 Å². The van der Waals surface area contributed by atoms with Crippen molar-refractivity contribution in [1.29, 1.82) is 0 Å². The molecule has 2 aromatic rings. The Hall–Kier alpha value is -1.79. The molecule has 2 heterocycles. The SMILES string of the molecule is CCc1ccc(-c2nc(CSCC(=O)N3CCOCC3)c(C)o2)cc1. The second-order valence-electron chi connectivity index (χ2n) is 6.06. The maximum absolute atomic E-state index is 12.2. The van der Waals surface area contributed by atoms with Crippen LogP contribution in [-0.4, -0.2) is 47.8 Å². The predicted octanol–water partition coefficient (Wildman–Crippen LogP) is 3.30. The van der Waals surface area contributed by atoms with Gasteiger partial charge in [0.05, 0.1) is 24.7 Å². The average molecular weight is 360 g/mol. The first-order valence-corrected chi connectivity index (χ1v) is 9.81. The zero-order chi connectivity index (χ0) is 17.6. The van der Waals surface area contributed by atoms with Crippen molar-refractivity contribution in [3.05, 3.63) is 41.3 Å². The molecule has 0 atom stereocenters. The number of aromatic nitrogens is 1. The molecule has 1 aliphatic heterocycles. The van der Waals surface area contributed by atoms with E-state index in [2.05, 4.69) is 24.0 Å². The molecule has 3 rings (SSSR count). The highest BCUT2D eigenvalue weighted by molar-refractivity contribution is 7.99. The molecule has 0 unspecified atom stereocenters. The molecule has 0 bridgehead atoms. The highest BCUT2D eigenvalue weighted by Crippen LogP contribution is 2.24. The maximum atomic E-state index is 12.2. The summed E-state index contributed by atoms with van der Waals surface area (Å²) in [6.45, 7) is 6.73. The molecule has 1 saturated heterocycles. The van der Waals surface area contributed by atoms with E-state index in [9.17, 15) is 4.79 Å². The van der Waals surface area contributed by atoms with E-state index in [1.165, 1.54) is 5.56 Å². The summed E-state index contributed by atoms with van der Waals surface area (Å²) in [6, 6.07) is 8.29. The van der Waals surface area contributed by atoms with Crippen molar-refractivity contribution in [3.63, 3.8) is 0 Å². The third-order valence-corrected chi connectivity index (χ3v) is 5.26. The Morgan fingerprint density at radius 2 is 1.96 bits per heavy atom. The lowest BCUT2D eigenvalue weighted by Crippen LogP contribution is -2.41. The standard InChI is InChI=1S/C19H24N2O3S/c1-3-15-4-6-16(7-5-15)19-20-17(14(2)24-19)12-25-13-18(22)21-8-10-23-11-9-21/h4-7H,3,8-13H2,1-2H3. The van der Waals surface area contributed by atoms with Crippen LogP contribution in [0.2, 0.25) is 0 Å². The molecule has 0 saturated carbocycles. The van der Waals surface area contributed by atoms with Gasteiger partial charge >= 0.3 is 0 Å². The highest BCUT2D eigenvalue weighted by Gasteiger charge is 2.17. The van der Waals surface area contributed by atoms with E-state index in [4.69, 9.17) is 9.15 Å². The van der Waals surface area contributed by atoms with Gasteiger partial charge in [-0.05, 0) is 31.0 Å². The van der Waals surface area contributed by atoms with Gasteiger partial charge in [-0.15, -0.1) is 11.8 Å². The van der Waals surface area contributed by atoms with Gasteiger partial charge in [0, 0.05) is 24.4 Å². The van der Waals surface area contributed by atoms with Gasteiger partial charge in [0.25, 0.3) is 0 Å². The fraction of sp³-hybridized carbons (Fsp3) is 0.474. The van der Waals surface area contributed by atoms with Crippen LogP contribution in [0.4, 0.5) is 0 Å².